The first-order chi connectivity index (χ1) is 7.43. The van der Waals surface area contributed by atoms with Crippen LogP contribution in [0.5, 0.6) is 0 Å². The zero-order chi connectivity index (χ0) is 12.6. The standard InChI is InChI=1S/C12H27N3O/c1-10(2)6-7-14-12(16)9-13-8-11(3)15(4)5/h10-11,13H,6-9H2,1-5H3,(H,14,16). The highest BCUT2D eigenvalue weighted by Gasteiger charge is 2.05. The molecule has 0 heterocycles. The number of carbonyl (C=O) groups is 1. The molecule has 1 atom stereocenters. The Balaban J connectivity index is 3.44. The van der Waals surface area contributed by atoms with Crippen molar-refractivity contribution in [1.29, 1.82) is 0 Å². The van der Waals surface area contributed by atoms with E-state index in [-0.39, 0.29) is 5.91 Å². The third-order valence-electron chi connectivity index (χ3n) is 2.65. The molecule has 1 amide bonds. The van der Waals surface area contributed by atoms with Crippen LogP contribution in [0.25, 0.3) is 0 Å². The maximum Gasteiger partial charge on any atom is 0.233 e. The van der Waals surface area contributed by atoms with Gasteiger partial charge < -0.3 is 15.5 Å². The average molecular weight is 229 g/mol. The molecular formula is C12H27N3O. The van der Waals surface area contributed by atoms with E-state index in [0.717, 1.165) is 19.5 Å². The van der Waals surface area contributed by atoms with Crippen molar-refractivity contribution >= 4 is 5.91 Å². The molecule has 0 saturated heterocycles. The van der Waals surface area contributed by atoms with Crippen molar-refractivity contribution in [3.8, 4) is 0 Å². The second kappa shape index (κ2) is 8.53. The Morgan fingerprint density at radius 3 is 2.38 bits per heavy atom. The number of hydrogen-bond donors (Lipinski definition) is 2. The molecule has 2 N–H and O–H groups in total. The van der Waals surface area contributed by atoms with Crippen molar-refractivity contribution in [1.82, 2.24) is 15.5 Å². The second-order valence-electron chi connectivity index (χ2n) is 4.98. The van der Waals surface area contributed by atoms with Gasteiger partial charge in [-0.15, -0.1) is 0 Å². The van der Waals surface area contributed by atoms with Crippen LogP contribution >= 0.6 is 0 Å². The number of carbonyl (C=O) groups excluding carboxylic acids is 1. The summed E-state index contributed by atoms with van der Waals surface area (Å²) < 4.78 is 0. The third kappa shape index (κ3) is 8.68. The van der Waals surface area contributed by atoms with Gasteiger partial charge in [0.15, 0.2) is 0 Å². The van der Waals surface area contributed by atoms with E-state index in [0.29, 0.717) is 18.5 Å². The summed E-state index contributed by atoms with van der Waals surface area (Å²) >= 11 is 0. The van der Waals surface area contributed by atoms with Crippen LogP contribution in [0.15, 0.2) is 0 Å². The highest BCUT2D eigenvalue weighted by atomic mass is 16.1. The molecule has 0 aliphatic carbocycles. The summed E-state index contributed by atoms with van der Waals surface area (Å²) in [6.45, 7) is 8.47. The van der Waals surface area contributed by atoms with E-state index in [2.05, 4.69) is 36.3 Å². The molecule has 1 unspecified atom stereocenters. The lowest BCUT2D eigenvalue weighted by molar-refractivity contribution is -0.120. The number of likely N-dealkylation sites (N-methyl/N-ethyl adjacent to an activating group) is 1. The Kier molecular flexibility index (Phi) is 8.21. The lowest BCUT2D eigenvalue weighted by atomic mass is 10.1. The van der Waals surface area contributed by atoms with Crippen molar-refractivity contribution < 1.29 is 4.79 Å². The summed E-state index contributed by atoms with van der Waals surface area (Å²) in [4.78, 5) is 13.5. The van der Waals surface area contributed by atoms with Gasteiger partial charge in [-0.25, -0.2) is 0 Å². The zero-order valence-corrected chi connectivity index (χ0v) is 11.3. The number of nitrogens with one attached hydrogen (secondary N) is 2. The largest absolute Gasteiger partial charge is 0.355 e. The molecule has 16 heavy (non-hydrogen) atoms. The van der Waals surface area contributed by atoms with Gasteiger partial charge in [-0.1, -0.05) is 13.8 Å². The highest BCUT2D eigenvalue weighted by molar-refractivity contribution is 5.77. The Hall–Kier alpha value is -0.610. The zero-order valence-electron chi connectivity index (χ0n) is 11.3. The Morgan fingerprint density at radius 1 is 1.25 bits per heavy atom. The normalized spacial score (nSPS) is 13.2. The molecule has 0 aromatic rings. The Morgan fingerprint density at radius 2 is 1.88 bits per heavy atom. The summed E-state index contributed by atoms with van der Waals surface area (Å²) in [6.07, 6.45) is 1.04. The minimum atomic E-state index is 0.0895. The van der Waals surface area contributed by atoms with Crippen LogP contribution in [-0.2, 0) is 4.79 Å². The lowest BCUT2D eigenvalue weighted by Crippen LogP contribution is -2.40. The number of amides is 1. The van der Waals surface area contributed by atoms with Gasteiger partial charge in [-0.2, -0.15) is 0 Å². The highest BCUT2D eigenvalue weighted by Crippen LogP contribution is 1.95. The van der Waals surface area contributed by atoms with Crippen molar-refractivity contribution in [3.63, 3.8) is 0 Å². The minimum Gasteiger partial charge on any atom is -0.355 e. The van der Waals surface area contributed by atoms with Crippen molar-refractivity contribution in [3.05, 3.63) is 0 Å². The van der Waals surface area contributed by atoms with Crippen molar-refractivity contribution in [2.24, 2.45) is 5.92 Å². The van der Waals surface area contributed by atoms with Gasteiger partial charge in [-0.3, -0.25) is 4.79 Å². The molecule has 96 valence electrons. The molecule has 0 aromatic carbocycles. The van der Waals surface area contributed by atoms with Crippen LogP contribution in [0.2, 0.25) is 0 Å². The molecule has 0 fully saturated rings. The fraction of sp³-hybridized carbons (Fsp3) is 0.917. The molecular weight excluding hydrogens is 202 g/mol. The summed E-state index contributed by atoms with van der Waals surface area (Å²) in [5.41, 5.74) is 0. The monoisotopic (exact) mass is 229 g/mol. The maximum atomic E-state index is 11.4. The predicted octanol–water partition coefficient (Wildman–Crippen LogP) is 0.688. The van der Waals surface area contributed by atoms with E-state index < -0.39 is 0 Å². The van der Waals surface area contributed by atoms with Crippen LogP contribution in [0.1, 0.15) is 27.2 Å². The first kappa shape index (κ1) is 15.4. The number of hydrogen-bond acceptors (Lipinski definition) is 3. The van der Waals surface area contributed by atoms with Gasteiger partial charge >= 0.3 is 0 Å². The van der Waals surface area contributed by atoms with E-state index in [1.54, 1.807) is 0 Å². The molecule has 0 saturated carbocycles. The van der Waals surface area contributed by atoms with Gasteiger partial charge in [0.25, 0.3) is 0 Å². The predicted molar refractivity (Wildman–Crippen MR) is 68.5 cm³/mol. The molecule has 0 aliphatic rings. The van der Waals surface area contributed by atoms with Crippen LogP contribution in [0.3, 0.4) is 0 Å². The minimum absolute atomic E-state index is 0.0895. The van der Waals surface area contributed by atoms with Crippen LogP contribution in [0, 0.1) is 5.92 Å². The summed E-state index contributed by atoms with van der Waals surface area (Å²) in [5.74, 6) is 0.730. The van der Waals surface area contributed by atoms with Gasteiger partial charge in [0.2, 0.25) is 5.91 Å². The van der Waals surface area contributed by atoms with E-state index in [4.69, 9.17) is 0 Å². The molecule has 0 aliphatic heterocycles. The van der Waals surface area contributed by atoms with E-state index in [9.17, 15) is 4.79 Å². The van der Waals surface area contributed by atoms with Gasteiger partial charge in [0.05, 0.1) is 6.54 Å². The summed E-state index contributed by atoms with van der Waals surface area (Å²) in [5, 5.41) is 6.05. The number of nitrogens with zero attached hydrogens (tertiary/aromatic N) is 1. The lowest BCUT2D eigenvalue weighted by Gasteiger charge is -2.19. The topological polar surface area (TPSA) is 44.4 Å². The Bertz CT molecular complexity index is 193. The molecule has 0 radical (unpaired) electrons. The van der Waals surface area contributed by atoms with Gasteiger partial charge in [-0.05, 0) is 33.4 Å². The smallest absolute Gasteiger partial charge is 0.233 e. The summed E-state index contributed by atoms with van der Waals surface area (Å²) in [6, 6.07) is 0.448. The second-order valence-corrected chi connectivity index (χ2v) is 4.98. The van der Waals surface area contributed by atoms with Crippen LogP contribution < -0.4 is 10.6 Å². The summed E-state index contributed by atoms with van der Waals surface area (Å²) in [7, 11) is 4.07. The molecule has 4 nitrogen and oxygen atoms in total. The molecule has 0 aromatic heterocycles. The van der Waals surface area contributed by atoms with Crippen molar-refractivity contribution in [2.45, 2.75) is 33.2 Å². The first-order valence-corrected chi connectivity index (χ1v) is 6.07. The molecule has 4 heteroatoms. The Labute approximate surface area is 99.8 Å². The fourth-order valence-electron chi connectivity index (χ4n) is 1.14. The SMILES string of the molecule is CC(C)CCNC(=O)CNCC(C)N(C)C. The fourth-order valence-corrected chi connectivity index (χ4v) is 1.14. The van der Waals surface area contributed by atoms with E-state index >= 15 is 0 Å². The van der Waals surface area contributed by atoms with Gasteiger partial charge in [0, 0.05) is 19.1 Å². The number of rotatable bonds is 8. The van der Waals surface area contributed by atoms with Gasteiger partial charge in [0.1, 0.15) is 0 Å². The molecule has 0 rings (SSSR count). The van der Waals surface area contributed by atoms with E-state index in [1.807, 2.05) is 14.1 Å². The maximum absolute atomic E-state index is 11.4. The first-order valence-electron chi connectivity index (χ1n) is 6.07. The average Bonchev–Trinajstić information content (AvgIpc) is 2.16. The molecule has 0 bridgehead atoms. The third-order valence-corrected chi connectivity index (χ3v) is 2.65. The molecule has 0 spiro atoms. The van der Waals surface area contributed by atoms with Crippen LogP contribution in [0.4, 0.5) is 0 Å². The van der Waals surface area contributed by atoms with Crippen LogP contribution in [-0.4, -0.2) is 50.6 Å². The van der Waals surface area contributed by atoms with E-state index in [1.165, 1.54) is 0 Å². The van der Waals surface area contributed by atoms with Crippen molar-refractivity contribution in [2.75, 3.05) is 33.7 Å². The quantitative estimate of drug-likeness (QED) is 0.643.